The van der Waals surface area contributed by atoms with Crippen LogP contribution in [0, 0.1) is 16.7 Å². The van der Waals surface area contributed by atoms with Crippen molar-refractivity contribution in [3.63, 3.8) is 0 Å². The van der Waals surface area contributed by atoms with E-state index in [1.54, 1.807) is 24.2 Å². The Morgan fingerprint density at radius 1 is 1.38 bits per heavy atom. The first-order valence-corrected chi connectivity index (χ1v) is 9.15. The van der Waals surface area contributed by atoms with Gasteiger partial charge in [-0.05, 0) is 66.2 Å². The Hall–Kier alpha value is -0.480. The molecule has 3 rings (SSSR count). The number of phenolic OH excluding ortho intramolecular Hbond substituents is 1. The van der Waals surface area contributed by atoms with Crippen LogP contribution in [-0.2, 0) is 0 Å². The molecule has 3 atom stereocenters. The lowest BCUT2D eigenvalue weighted by Gasteiger charge is -2.38. The molecule has 0 saturated heterocycles. The molecule has 4 heteroatoms. The summed E-state index contributed by atoms with van der Waals surface area (Å²) < 4.78 is 5.52. The SMILES string of the molecule is CC1(C)[C@H]2CC[C@]1(C)[C@@H](S/N=C/c1cc(Br)ccc1O)C2. The van der Waals surface area contributed by atoms with E-state index in [-0.39, 0.29) is 5.75 Å². The van der Waals surface area contributed by atoms with E-state index < -0.39 is 0 Å². The lowest BCUT2D eigenvalue weighted by Crippen LogP contribution is -2.33. The van der Waals surface area contributed by atoms with Gasteiger partial charge in [-0.15, -0.1) is 0 Å². The van der Waals surface area contributed by atoms with E-state index in [1.807, 2.05) is 12.1 Å². The molecule has 2 aliphatic carbocycles. The number of benzene rings is 1. The molecule has 1 aromatic carbocycles. The number of hydrogen-bond acceptors (Lipinski definition) is 3. The standard InChI is InChI=1S/C17H22BrNOS/c1-16(2)12-6-7-17(16,3)15(9-12)21-19-10-11-8-13(18)4-5-14(11)20/h4-5,8,10,12,15,20H,6-7,9H2,1-3H3/b19-10+/t12-,15-,17+/m0/s1. The molecule has 0 unspecified atom stereocenters. The molecule has 0 radical (unpaired) electrons. The lowest BCUT2D eigenvalue weighted by molar-refractivity contribution is 0.156. The average Bonchev–Trinajstić information content (AvgIpc) is 2.76. The Kier molecular flexibility index (Phi) is 3.90. The zero-order valence-electron chi connectivity index (χ0n) is 12.8. The van der Waals surface area contributed by atoms with Crippen molar-refractivity contribution in [3.8, 4) is 5.75 Å². The molecule has 2 bridgehead atoms. The maximum Gasteiger partial charge on any atom is 0.124 e. The van der Waals surface area contributed by atoms with Gasteiger partial charge in [0.2, 0.25) is 0 Å². The second kappa shape index (κ2) is 5.31. The molecular formula is C17H22BrNOS. The molecule has 21 heavy (non-hydrogen) atoms. The first-order valence-electron chi connectivity index (χ1n) is 7.52. The van der Waals surface area contributed by atoms with Crippen molar-refractivity contribution in [2.24, 2.45) is 21.1 Å². The van der Waals surface area contributed by atoms with Gasteiger partial charge in [-0.25, -0.2) is 4.40 Å². The van der Waals surface area contributed by atoms with Crippen LogP contribution in [0.3, 0.4) is 0 Å². The number of phenols is 1. The van der Waals surface area contributed by atoms with Gasteiger partial charge in [-0.2, -0.15) is 0 Å². The van der Waals surface area contributed by atoms with Crippen LogP contribution in [0.15, 0.2) is 27.1 Å². The third kappa shape index (κ3) is 2.44. The van der Waals surface area contributed by atoms with Gasteiger partial charge >= 0.3 is 0 Å². The summed E-state index contributed by atoms with van der Waals surface area (Å²) in [7, 11) is 0. The number of fused-ring (bicyclic) bond motifs is 2. The van der Waals surface area contributed by atoms with Gasteiger partial charge in [-0.1, -0.05) is 36.7 Å². The number of aromatic hydroxyl groups is 1. The third-order valence-corrected chi connectivity index (χ3v) is 7.77. The molecule has 2 nitrogen and oxygen atoms in total. The minimum Gasteiger partial charge on any atom is -0.507 e. The van der Waals surface area contributed by atoms with Crippen molar-refractivity contribution < 1.29 is 5.11 Å². The summed E-state index contributed by atoms with van der Waals surface area (Å²) >= 11 is 5.13. The highest BCUT2D eigenvalue weighted by atomic mass is 79.9. The van der Waals surface area contributed by atoms with Crippen molar-refractivity contribution in [1.82, 2.24) is 0 Å². The summed E-state index contributed by atoms with van der Waals surface area (Å²) in [4.78, 5) is 0. The molecule has 1 N–H and O–H groups in total. The van der Waals surface area contributed by atoms with E-state index in [4.69, 9.17) is 0 Å². The van der Waals surface area contributed by atoms with Crippen LogP contribution in [0.2, 0.25) is 0 Å². The third-order valence-electron chi connectivity index (χ3n) is 6.08. The molecule has 0 amide bonds. The Morgan fingerprint density at radius 3 is 2.76 bits per heavy atom. The Morgan fingerprint density at radius 2 is 2.14 bits per heavy atom. The summed E-state index contributed by atoms with van der Waals surface area (Å²) in [6, 6.07) is 5.42. The second-order valence-corrected chi connectivity index (χ2v) is 9.05. The molecule has 2 fully saturated rings. The van der Waals surface area contributed by atoms with Crippen molar-refractivity contribution in [1.29, 1.82) is 0 Å². The Bertz CT molecular complexity index is 586. The number of halogens is 1. The van der Waals surface area contributed by atoms with Crippen LogP contribution in [0.1, 0.15) is 45.6 Å². The minimum absolute atomic E-state index is 0.280. The normalized spacial score (nSPS) is 33.9. The van der Waals surface area contributed by atoms with Crippen LogP contribution in [0.5, 0.6) is 5.75 Å². The average molecular weight is 368 g/mol. The molecule has 114 valence electrons. The fraction of sp³-hybridized carbons (Fsp3) is 0.588. The predicted molar refractivity (Wildman–Crippen MR) is 94.0 cm³/mol. The monoisotopic (exact) mass is 367 g/mol. The largest absolute Gasteiger partial charge is 0.507 e. The molecule has 0 aromatic heterocycles. The van der Waals surface area contributed by atoms with Gasteiger partial charge < -0.3 is 5.11 Å². The summed E-state index contributed by atoms with van der Waals surface area (Å²) in [5, 5.41) is 10.4. The van der Waals surface area contributed by atoms with E-state index in [2.05, 4.69) is 41.1 Å². The van der Waals surface area contributed by atoms with Crippen molar-refractivity contribution in [2.75, 3.05) is 0 Å². The number of nitrogens with zero attached hydrogens (tertiary/aromatic N) is 1. The van der Waals surface area contributed by atoms with Crippen LogP contribution < -0.4 is 0 Å². The minimum atomic E-state index is 0.280. The highest BCUT2D eigenvalue weighted by Crippen LogP contribution is 2.68. The Labute approximate surface area is 139 Å². The maximum absolute atomic E-state index is 9.84. The molecule has 2 saturated carbocycles. The van der Waals surface area contributed by atoms with Crippen LogP contribution in [0.4, 0.5) is 0 Å². The number of rotatable bonds is 3. The quantitative estimate of drug-likeness (QED) is 0.569. The summed E-state index contributed by atoms with van der Waals surface area (Å²) in [6.07, 6.45) is 5.75. The van der Waals surface area contributed by atoms with Crippen LogP contribution in [-0.4, -0.2) is 16.6 Å². The first kappa shape index (κ1) is 15.4. The predicted octanol–water partition coefficient (Wildman–Crippen LogP) is 5.44. The van der Waals surface area contributed by atoms with Gasteiger partial charge in [0, 0.05) is 21.5 Å². The topological polar surface area (TPSA) is 32.6 Å². The zero-order valence-corrected chi connectivity index (χ0v) is 15.2. The molecule has 0 heterocycles. The van der Waals surface area contributed by atoms with Gasteiger partial charge in [0.05, 0.1) is 0 Å². The Balaban J connectivity index is 1.72. The molecule has 1 aromatic rings. The highest BCUT2D eigenvalue weighted by Gasteiger charge is 2.61. The second-order valence-electron chi connectivity index (χ2n) is 7.14. The molecular weight excluding hydrogens is 346 g/mol. The maximum atomic E-state index is 9.84. The summed E-state index contributed by atoms with van der Waals surface area (Å²) in [5.74, 6) is 1.12. The van der Waals surface area contributed by atoms with E-state index in [1.165, 1.54) is 19.3 Å². The lowest BCUT2D eigenvalue weighted by atomic mass is 9.71. The fourth-order valence-electron chi connectivity index (χ4n) is 4.08. The summed E-state index contributed by atoms with van der Waals surface area (Å²) in [5.41, 5.74) is 1.58. The first-order chi connectivity index (χ1) is 9.84. The van der Waals surface area contributed by atoms with E-state index >= 15 is 0 Å². The van der Waals surface area contributed by atoms with Gasteiger partial charge in [0.15, 0.2) is 0 Å². The van der Waals surface area contributed by atoms with Crippen LogP contribution in [0.25, 0.3) is 0 Å². The van der Waals surface area contributed by atoms with E-state index in [0.29, 0.717) is 16.1 Å². The molecule has 2 aliphatic rings. The van der Waals surface area contributed by atoms with Gasteiger partial charge in [-0.3, -0.25) is 0 Å². The van der Waals surface area contributed by atoms with Gasteiger partial charge in [0.25, 0.3) is 0 Å². The van der Waals surface area contributed by atoms with Gasteiger partial charge in [0.1, 0.15) is 5.75 Å². The van der Waals surface area contributed by atoms with Crippen molar-refractivity contribution in [2.45, 2.75) is 45.3 Å². The summed E-state index contributed by atoms with van der Waals surface area (Å²) in [6.45, 7) is 7.29. The van der Waals surface area contributed by atoms with E-state index in [0.717, 1.165) is 16.0 Å². The van der Waals surface area contributed by atoms with E-state index in [9.17, 15) is 5.11 Å². The van der Waals surface area contributed by atoms with Crippen molar-refractivity contribution in [3.05, 3.63) is 28.2 Å². The van der Waals surface area contributed by atoms with Crippen molar-refractivity contribution >= 4 is 34.1 Å². The molecule has 0 aliphatic heterocycles. The smallest absolute Gasteiger partial charge is 0.124 e. The highest BCUT2D eigenvalue weighted by molar-refractivity contribution is 9.10. The zero-order chi connectivity index (χ0) is 15.3. The van der Waals surface area contributed by atoms with Crippen LogP contribution >= 0.6 is 27.9 Å². The molecule has 0 spiro atoms. The fourth-order valence-corrected chi connectivity index (χ4v) is 5.75. The number of hydrogen-bond donors (Lipinski definition) is 1.